The van der Waals surface area contributed by atoms with E-state index in [1.807, 2.05) is 25.8 Å². The van der Waals surface area contributed by atoms with Gasteiger partial charge in [-0.05, 0) is 20.9 Å². The lowest BCUT2D eigenvalue weighted by Gasteiger charge is -2.33. The van der Waals surface area contributed by atoms with Gasteiger partial charge in [0.25, 0.3) is 0 Å². The molecule has 0 aromatic carbocycles. The van der Waals surface area contributed by atoms with Crippen molar-refractivity contribution in [2.75, 3.05) is 20.2 Å². The van der Waals surface area contributed by atoms with E-state index in [9.17, 15) is 0 Å². The van der Waals surface area contributed by atoms with Crippen LogP contribution in [0.1, 0.15) is 13.8 Å². The molecule has 0 atom stereocenters. The van der Waals surface area contributed by atoms with Gasteiger partial charge in [0, 0.05) is 17.1 Å². The molecule has 1 N–H and O–H groups in total. The fourth-order valence-electron chi connectivity index (χ4n) is 0.592. The smallest absolute Gasteiger partial charge is 0.0610 e. The fourth-order valence-corrected chi connectivity index (χ4v) is 0.771. The third kappa shape index (κ3) is 3.75. The summed E-state index contributed by atoms with van der Waals surface area (Å²) in [4.78, 5) is 1.96. The highest BCUT2D eigenvalue weighted by Gasteiger charge is 2.21. The van der Waals surface area contributed by atoms with Crippen molar-refractivity contribution in [2.24, 2.45) is 0 Å². The number of halogens is 1. The minimum Gasteiger partial charge on any atom is -0.394 e. The molecule has 0 aromatic rings. The van der Waals surface area contributed by atoms with Crippen LogP contribution in [0.15, 0.2) is 11.6 Å². The van der Waals surface area contributed by atoms with E-state index < -0.39 is 0 Å². The number of rotatable bonds is 4. The van der Waals surface area contributed by atoms with Gasteiger partial charge in [-0.3, -0.25) is 4.90 Å². The third-order valence-electron chi connectivity index (χ3n) is 1.83. The molecule has 11 heavy (non-hydrogen) atoms. The highest BCUT2D eigenvalue weighted by Crippen LogP contribution is 2.13. The first-order valence-electron chi connectivity index (χ1n) is 3.55. The summed E-state index contributed by atoms with van der Waals surface area (Å²) < 4.78 is 0. The summed E-state index contributed by atoms with van der Waals surface area (Å²) in [5.74, 6) is 0. The second-order valence-electron chi connectivity index (χ2n) is 3.34. The molecule has 0 aliphatic carbocycles. The molecular weight excluding hydrogens is 162 g/mol. The van der Waals surface area contributed by atoms with E-state index in [4.69, 9.17) is 16.7 Å². The Labute approximate surface area is 73.5 Å². The molecule has 0 heterocycles. The largest absolute Gasteiger partial charge is 0.394 e. The number of hydrogen-bond donors (Lipinski definition) is 1. The molecule has 3 heteroatoms. The molecule has 0 saturated carbocycles. The van der Waals surface area contributed by atoms with Crippen molar-refractivity contribution in [1.82, 2.24) is 4.90 Å². The fraction of sp³-hybridized carbons (Fsp3) is 0.750. The lowest BCUT2D eigenvalue weighted by Crippen LogP contribution is -2.44. The monoisotopic (exact) mass is 177 g/mol. The summed E-state index contributed by atoms with van der Waals surface area (Å²) >= 11 is 5.62. The minimum absolute atomic E-state index is 0.119. The first-order chi connectivity index (χ1) is 4.90. The summed E-state index contributed by atoms with van der Waals surface area (Å²) in [6.45, 7) is 8.21. The predicted octanol–water partition coefficient (Wildman–Crippen LogP) is 1.44. The Morgan fingerprint density at radius 1 is 1.64 bits per heavy atom. The Balaban J connectivity index is 4.01. The third-order valence-corrected chi connectivity index (χ3v) is 1.95. The lowest BCUT2D eigenvalue weighted by molar-refractivity contribution is 0.0879. The van der Waals surface area contributed by atoms with Crippen molar-refractivity contribution in [3.05, 3.63) is 11.6 Å². The molecule has 0 unspecified atom stereocenters. The highest BCUT2D eigenvalue weighted by atomic mass is 35.5. The van der Waals surface area contributed by atoms with E-state index in [-0.39, 0.29) is 12.1 Å². The number of aliphatic hydroxyl groups excluding tert-OH is 1. The second-order valence-corrected chi connectivity index (χ2v) is 3.88. The van der Waals surface area contributed by atoms with Crippen LogP contribution in [0.5, 0.6) is 0 Å². The zero-order chi connectivity index (χ0) is 9.07. The number of likely N-dealkylation sites (N-methyl/N-ethyl adjacent to an activating group) is 1. The van der Waals surface area contributed by atoms with Crippen molar-refractivity contribution >= 4 is 11.6 Å². The molecule has 0 rings (SSSR count). The van der Waals surface area contributed by atoms with Crippen LogP contribution < -0.4 is 0 Å². The summed E-state index contributed by atoms with van der Waals surface area (Å²) in [5, 5.41) is 9.55. The van der Waals surface area contributed by atoms with Crippen LogP contribution in [0.25, 0.3) is 0 Å². The average molecular weight is 178 g/mol. The summed E-state index contributed by atoms with van der Waals surface area (Å²) in [6.07, 6.45) is 0. The van der Waals surface area contributed by atoms with Crippen LogP contribution in [-0.4, -0.2) is 35.7 Å². The van der Waals surface area contributed by atoms with Gasteiger partial charge in [0.05, 0.1) is 6.61 Å². The highest BCUT2D eigenvalue weighted by molar-refractivity contribution is 6.29. The molecule has 0 aromatic heterocycles. The lowest BCUT2D eigenvalue weighted by atomic mass is 10.1. The topological polar surface area (TPSA) is 23.5 Å². The minimum atomic E-state index is -0.224. The Bertz CT molecular complexity index is 145. The predicted molar refractivity (Wildman–Crippen MR) is 48.8 cm³/mol. The summed E-state index contributed by atoms with van der Waals surface area (Å²) in [5.41, 5.74) is -0.224. The number of hydrogen-bond acceptors (Lipinski definition) is 2. The zero-order valence-corrected chi connectivity index (χ0v) is 8.15. The maximum absolute atomic E-state index is 8.96. The summed E-state index contributed by atoms with van der Waals surface area (Å²) in [6, 6.07) is 0. The van der Waals surface area contributed by atoms with E-state index >= 15 is 0 Å². The quantitative estimate of drug-likeness (QED) is 0.703. The second kappa shape index (κ2) is 4.10. The van der Waals surface area contributed by atoms with Gasteiger partial charge in [-0.25, -0.2) is 0 Å². The molecule has 66 valence electrons. The average Bonchev–Trinajstić information content (AvgIpc) is 1.86. The molecule has 0 saturated heterocycles. The van der Waals surface area contributed by atoms with Crippen molar-refractivity contribution in [3.8, 4) is 0 Å². The first-order valence-corrected chi connectivity index (χ1v) is 3.93. The van der Waals surface area contributed by atoms with E-state index in [1.54, 1.807) is 0 Å². The van der Waals surface area contributed by atoms with Gasteiger partial charge in [0.15, 0.2) is 0 Å². The molecule has 0 bridgehead atoms. The van der Waals surface area contributed by atoms with Crippen LogP contribution in [0.4, 0.5) is 0 Å². The van der Waals surface area contributed by atoms with Crippen molar-refractivity contribution in [2.45, 2.75) is 19.4 Å². The van der Waals surface area contributed by atoms with Crippen LogP contribution in [0.3, 0.4) is 0 Å². The van der Waals surface area contributed by atoms with Gasteiger partial charge in [-0.15, -0.1) is 0 Å². The molecule has 0 spiro atoms. The summed E-state index contributed by atoms with van der Waals surface area (Å²) in [7, 11) is 1.91. The molecule has 0 radical (unpaired) electrons. The zero-order valence-electron chi connectivity index (χ0n) is 7.39. The van der Waals surface area contributed by atoms with E-state index in [0.29, 0.717) is 11.6 Å². The molecular formula is C8H16ClNO. The molecule has 0 aliphatic heterocycles. The van der Waals surface area contributed by atoms with Gasteiger partial charge < -0.3 is 5.11 Å². The Morgan fingerprint density at radius 3 is 2.36 bits per heavy atom. The van der Waals surface area contributed by atoms with Crippen molar-refractivity contribution < 1.29 is 5.11 Å². The molecule has 2 nitrogen and oxygen atoms in total. The maximum Gasteiger partial charge on any atom is 0.0610 e. The van der Waals surface area contributed by atoms with Gasteiger partial charge in [-0.2, -0.15) is 0 Å². The first kappa shape index (κ1) is 11.0. The Hall–Kier alpha value is -0.0500. The molecule has 0 amide bonds. The Kier molecular flexibility index (Phi) is 4.08. The molecule has 0 fully saturated rings. The van der Waals surface area contributed by atoms with Crippen LogP contribution >= 0.6 is 11.6 Å². The van der Waals surface area contributed by atoms with Gasteiger partial charge in [-0.1, -0.05) is 18.2 Å². The maximum atomic E-state index is 8.96. The van der Waals surface area contributed by atoms with Gasteiger partial charge >= 0.3 is 0 Å². The van der Waals surface area contributed by atoms with E-state index in [2.05, 4.69) is 6.58 Å². The van der Waals surface area contributed by atoms with Crippen LogP contribution in [0.2, 0.25) is 0 Å². The van der Waals surface area contributed by atoms with Gasteiger partial charge in [0.1, 0.15) is 0 Å². The normalized spacial score (nSPS) is 12.2. The molecule has 0 aliphatic rings. The van der Waals surface area contributed by atoms with E-state index in [1.165, 1.54) is 0 Å². The number of nitrogens with zero attached hydrogens (tertiary/aromatic N) is 1. The van der Waals surface area contributed by atoms with Gasteiger partial charge in [0.2, 0.25) is 0 Å². The van der Waals surface area contributed by atoms with Crippen molar-refractivity contribution in [3.63, 3.8) is 0 Å². The van der Waals surface area contributed by atoms with Crippen LogP contribution in [-0.2, 0) is 0 Å². The Morgan fingerprint density at radius 2 is 2.09 bits per heavy atom. The number of aliphatic hydroxyl groups is 1. The van der Waals surface area contributed by atoms with Crippen LogP contribution in [0, 0.1) is 0 Å². The van der Waals surface area contributed by atoms with E-state index in [0.717, 1.165) is 0 Å². The van der Waals surface area contributed by atoms with Crippen molar-refractivity contribution in [1.29, 1.82) is 0 Å². The standard InChI is InChI=1S/C8H16ClNO/c1-7(9)5-10(4)8(2,3)6-11/h11H,1,5-6H2,2-4H3. The SMILES string of the molecule is C=C(Cl)CN(C)C(C)(C)CO.